The Morgan fingerprint density at radius 1 is 1.32 bits per heavy atom. The van der Waals surface area contributed by atoms with E-state index in [0.29, 0.717) is 10.6 Å². The predicted octanol–water partition coefficient (Wildman–Crippen LogP) is 2.38. The van der Waals surface area contributed by atoms with Gasteiger partial charge in [-0.3, -0.25) is 0 Å². The molecule has 1 fully saturated rings. The van der Waals surface area contributed by atoms with Gasteiger partial charge in [-0.15, -0.1) is 4.36 Å². The van der Waals surface area contributed by atoms with E-state index in [-0.39, 0.29) is 6.04 Å². The molecule has 1 saturated carbocycles. The van der Waals surface area contributed by atoms with Crippen molar-refractivity contribution in [2.75, 3.05) is 12.0 Å². The van der Waals surface area contributed by atoms with Crippen LogP contribution in [-0.2, 0) is 9.73 Å². The van der Waals surface area contributed by atoms with Gasteiger partial charge in [-0.05, 0) is 37.1 Å². The minimum atomic E-state index is -2.71. The Labute approximate surface area is 113 Å². The third-order valence-corrected chi connectivity index (χ3v) is 4.92. The van der Waals surface area contributed by atoms with Crippen molar-refractivity contribution < 1.29 is 9.00 Å². The van der Waals surface area contributed by atoms with Crippen molar-refractivity contribution in [3.05, 3.63) is 24.3 Å². The second-order valence-corrected chi connectivity index (χ2v) is 7.15. The van der Waals surface area contributed by atoms with E-state index < -0.39 is 15.8 Å². The van der Waals surface area contributed by atoms with Crippen LogP contribution in [0.2, 0.25) is 0 Å². The molecule has 0 heterocycles. The third kappa shape index (κ3) is 3.70. The number of nitrogens with zero attached hydrogens (tertiary/aromatic N) is 1. The zero-order valence-electron chi connectivity index (χ0n) is 11.0. The van der Waals surface area contributed by atoms with Gasteiger partial charge in [-0.1, -0.05) is 12.8 Å². The molecular formula is C13H19N3O2S. The lowest BCUT2D eigenvalue weighted by atomic mass is 10.3. The summed E-state index contributed by atoms with van der Waals surface area (Å²) in [4.78, 5) is 12.3. The molecule has 104 valence electrons. The van der Waals surface area contributed by atoms with Crippen molar-refractivity contribution in [1.29, 1.82) is 0 Å². The summed E-state index contributed by atoms with van der Waals surface area (Å²) in [6, 6.07) is 6.29. The van der Waals surface area contributed by atoms with Gasteiger partial charge in [-0.25, -0.2) is 9.00 Å². The first-order chi connectivity index (χ1) is 8.97. The second kappa shape index (κ2) is 5.61. The first kappa shape index (κ1) is 13.9. The Hall–Kier alpha value is -1.56. The van der Waals surface area contributed by atoms with Crippen molar-refractivity contribution in [3.8, 4) is 0 Å². The summed E-state index contributed by atoms with van der Waals surface area (Å²) in [5, 5.41) is 2.81. The summed E-state index contributed by atoms with van der Waals surface area (Å²) in [7, 11) is -2.71. The van der Waals surface area contributed by atoms with Crippen LogP contribution < -0.4 is 11.1 Å². The van der Waals surface area contributed by atoms with E-state index >= 15 is 0 Å². The molecular weight excluding hydrogens is 262 g/mol. The quantitative estimate of drug-likeness (QED) is 0.816. The summed E-state index contributed by atoms with van der Waals surface area (Å²) in [6.45, 7) is 0. The highest BCUT2D eigenvalue weighted by atomic mass is 32.2. The molecule has 1 unspecified atom stereocenters. The van der Waals surface area contributed by atoms with Crippen LogP contribution in [0.3, 0.4) is 0 Å². The maximum Gasteiger partial charge on any atom is 0.349 e. The number of carbonyl (C=O) groups is 1. The van der Waals surface area contributed by atoms with Crippen LogP contribution in [0.25, 0.3) is 0 Å². The SMILES string of the molecule is CS(=O)(=NC(=O)NC1CCCC1)c1ccc(N)cc1. The maximum absolute atomic E-state index is 12.4. The van der Waals surface area contributed by atoms with E-state index in [2.05, 4.69) is 9.68 Å². The van der Waals surface area contributed by atoms with Crippen LogP contribution in [0, 0.1) is 0 Å². The number of nitrogens with one attached hydrogen (secondary N) is 1. The van der Waals surface area contributed by atoms with E-state index in [1.54, 1.807) is 24.3 Å². The molecule has 0 aliphatic heterocycles. The molecule has 1 aliphatic carbocycles. The Balaban J connectivity index is 2.13. The van der Waals surface area contributed by atoms with Gasteiger partial charge in [0.2, 0.25) is 0 Å². The normalized spacial score (nSPS) is 18.8. The van der Waals surface area contributed by atoms with Crippen LogP contribution in [0.4, 0.5) is 10.5 Å². The van der Waals surface area contributed by atoms with Gasteiger partial charge < -0.3 is 11.1 Å². The van der Waals surface area contributed by atoms with Gasteiger partial charge >= 0.3 is 6.03 Å². The molecule has 0 bridgehead atoms. The van der Waals surface area contributed by atoms with Gasteiger partial charge in [-0.2, -0.15) is 0 Å². The largest absolute Gasteiger partial charge is 0.399 e. The summed E-state index contributed by atoms with van der Waals surface area (Å²) in [6.07, 6.45) is 5.68. The maximum atomic E-state index is 12.4. The Bertz CT molecular complexity index is 568. The van der Waals surface area contributed by atoms with Crippen LogP contribution in [0.1, 0.15) is 25.7 Å². The fourth-order valence-electron chi connectivity index (χ4n) is 2.20. The second-order valence-electron chi connectivity index (χ2n) is 4.89. The minimum absolute atomic E-state index is 0.179. The Kier molecular flexibility index (Phi) is 4.09. The van der Waals surface area contributed by atoms with Crippen LogP contribution >= 0.6 is 0 Å². The Morgan fingerprint density at radius 2 is 1.89 bits per heavy atom. The van der Waals surface area contributed by atoms with Crippen molar-refractivity contribution in [1.82, 2.24) is 5.32 Å². The standard InChI is InChI=1S/C13H19N3O2S/c1-19(18,12-8-6-10(14)7-9-12)16-13(17)15-11-4-2-3-5-11/h6-9,11H,2-5,14H2,1H3,(H,15,17). The average molecular weight is 281 g/mol. The summed E-state index contributed by atoms with van der Waals surface area (Å²) in [5.74, 6) is 0. The number of nitrogens with two attached hydrogens (primary N) is 1. The number of amides is 2. The van der Waals surface area contributed by atoms with Crippen LogP contribution in [0.5, 0.6) is 0 Å². The molecule has 1 atom stereocenters. The van der Waals surface area contributed by atoms with Crippen molar-refractivity contribution in [2.24, 2.45) is 4.36 Å². The number of anilines is 1. The molecule has 2 rings (SSSR count). The topological polar surface area (TPSA) is 84.5 Å². The molecule has 1 aromatic carbocycles. The van der Waals surface area contributed by atoms with E-state index in [9.17, 15) is 9.00 Å². The molecule has 1 aliphatic rings. The highest BCUT2D eigenvalue weighted by Crippen LogP contribution is 2.18. The van der Waals surface area contributed by atoms with Gasteiger partial charge in [0.25, 0.3) is 0 Å². The van der Waals surface area contributed by atoms with E-state index in [0.717, 1.165) is 25.7 Å². The summed E-state index contributed by atoms with van der Waals surface area (Å²) in [5.41, 5.74) is 6.17. The summed E-state index contributed by atoms with van der Waals surface area (Å²) < 4.78 is 16.2. The van der Waals surface area contributed by atoms with E-state index in [4.69, 9.17) is 5.73 Å². The molecule has 0 saturated heterocycles. The zero-order valence-corrected chi connectivity index (χ0v) is 11.8. The Morgan fingerprint density at radius 3 is 2.47 bits per heavy atom. The number of benzene rings is 1. The van der Waals surface area contributed by atoms with Gasteiger partial charge in [0.15, 0.2) is 0 Å². The molecule has 0 radical (unpaired) electrons. The predicted molar refractivity (Wildman–Crippen MR) is 76.4 cm³/mol. The average Bonchev–Trinajstić information content (AvgIpc) is 2.81. The number of hydrogen-bond acceptors (Lipinski definition) is 3. The first-order valence-electron chi connectivity index (χ1n) is 6.35. The number of carbonyl (C=O) groups excluding carboxylic acids is 1. The molecule has 0 spiro atoms. The monoisotopic (exact) mass is 281 g/mol. The van der Waals surface area contributed by atoms with Crippen molar-refractivity contribution >= 4 is 21.4 Å². The molecule has 2 amide bonds. The molecule has 6 heteroatoms. The summed E-state index contributed by atoms with van der Waals surface area (Å²) >= 11 is 0. The molecule has 0 aromatic heterocycles. The fourth-order valence-corrected chi connectivity index (χ4v) is 3.32. The highest BCUT2D eigenvalue weighted by molar-refractivity contribution is 7.93. The number of rotatable bonds is 2. The molecule has 19 heavy (non-hydrogen) atoms. The fraction of sp³-hybridized carbons (Fsp3) is 0.462. The van der Waals surface area contributed by atoms with Crippen LogP contribution in [-0.4, -0.2) is 22.5 Å². The van der Waals surface area contributed by atoms with Gasteiger partial charge in [0, 0.05) is 22.9 Å². The third-order valence-electron chi connectivity index (χ3n) is 3.26. The smallest absolute Gasteiger partial charge is 0.349 e. The number of urea groups is 1. The number of hydrogen-bond donors (Lipinski definition) is 2. The van der Waals surface area contributed by atoms with Crippen molar-refractivity contribution in [3.63, 3.8) is 0 Å². The minimum Gasteiger partial charge on any atom is -0.399 e. The lowest BCUT2D eigenvalue weighted by molar-refractivity contribution is 0.246. The van der Waals surface area contributed by atoms with E-state index in [1.165, 1.54) is 6.26 Å². The highest BCUT2D eigenvalue weighted by Gasteiger charge is 2.18. The lowest BCUT2D eigenvalue weighted by Crippen LogP contribution is -2.30. The molecule has 5 nitrogen and oxygen atoms in total. The van der Waals surface area contributed by atoms with Gasteiger partial charge in [0.1, 0.15) is 0 Å². The van der Waals surface area contributed by atoms with Crippen molar-refractivity contribution in [2.45, 2.75) is 36.6 Å². The van der Waals surface area contributed by atoms with E-state index in [1.807, 2.05) is 0 Å². The van der Waals surface area contributed by atoms with Gasteiger partial charge in [0.05, 0.1) is 9.73 Å². The molecule has 3 N–H and O–H groups in total. The number of nitrogen functional groups attached to an aromatic ring is 1. The lowest BCUT2D eigenvalue weighted by Gasteiger charge is -2.10. The first-order valence-corrected chi connectivity index (χ1v) is 8.28. The molecule has 1 aromatic rings. The van der Waals surface area contributed by atoms with Crippen LogP contribution in [0.15, 0.2) is 33.5 Å². The zero-order chi connectivity index (χ0) is 13.9.